The van der Waals surface area contributed by atoms with Gasteiger partial charge in [0.2, 0.25) is 0 Å². The Bertz CT molecular complexity index is 620. The Hall–Kier alpha value is -0.650. The van der Waals surface area contributed by atoms with E-state index in [4.69, 9.17) is 5.73 Å². The number of nitrogens with two attached hydrogens (primary N) is 1. The van der Waals surface area contributed by atoms with E-state index in [1.165, 1.54) is 5.56 Å². The summed E-state index contributed by atoms with van der Waals surface area (Å²) in [6.07, 6.45) is 0.761. The van der Waals surface area contributed by atoms with E-state index in [0.29, 0.717) is 0 Å². The zero-order chi connectivity index (χ0) is 14.9. The first kappa shape index (κ1) is 15.7. The Labute approximate surface area is 136 Å². The molecule has 2 aromatic rings. The number of halogens is 2. The standard InChI is InChI=1S/C15H19Br2N3/c1-4-20-13(15(17)10(3)19-20)8-12(18)11-7-5-6-9(2)14(11)16/h5-7,12H,4,8,18H2,1-3H3. The normalized spacial score (nSPS) is 12.7. The van der Waals surface area contributed by atoms with E-state index in [2.05, 4.69) is 62.9 Å². The van der Waals surface area contributed by atoms with Gasteiger partial charge in [0.1, 0.15) is 0 Å². The third kappa shape index (κ3) is 3.00. The largest absolute Gasteiger partial charge is 0.324 e. The van der Waals surface area contributed by atoms with Gasteiger partial charge in [-0.25, -0.2) is 0 Å². The van der Waals surface area contributed by atoms with Crippen molar-refractivity contribution >= 4 is 31.9 Å². The Morgan fingerprint density at radius 3 is 2.60 bits per heavy atom. The van der Waals surface area contributed by atoms with Crippen molar-refractivity contribution in [2.24, 2.45) is 5.73 Å². The molecule has 2 N–H and O–H groups in total. The zero-order valence-corrected chi connectivity index (χ0v) is 15.1. The van der Waals surface area contributed by atoms with Crippen LogP contribution in [0.5, 0.6) is 0 Å². The second-order valence-corrected chi connectivity index (χ2v) is 6.54. The molecule has 1 heterocycles. The monoisotopic (exact) mass is 399 g/mol. The molecule has 0 spiro atoms. The lowest BCUT2D eigenvalue weighted by Crippen LogP contribution is -2.17. The van der Waals surface area contributed by atoms with Gasteiger partial charge in [0, 0.05) is 23.5 Å². The topological polar surface area (TPSA) is 43.8 Å². The summed E-state index contributed by atoms with van der Waals surface area (Å²) in [4.78, 5) is 0. The molecule has 2 rings (SSSR count). The Morgan fingerprint density at radius 2 is 1.95 bits per heavy atom. The molecule has 0 aliphatic rings. The lowest BCUT2D eigenvalue weighted by molar-refractivity contribution is 0.585. The van der Waals surface area contributed by atoms with Crippen LogP contribution in [-0.4, -0.2) is 9.78 Å². The Kier molecular flexibility index (Phi) is 5.04. The molecule has 1 atom stereocenters. The van der Waals surface area contributed by atoms with Gasteiger partial charge in [-0.15, -0.1) is 0 Å². The maximum Gasteiger partial charge on any atom is 0.0738 e. The molecule has 0 amide bonds. The van der Waals surface area contributed by atoms with Crippen molar-refractivity contribution in [2.75, 3.05) is 0 Å². The zero-order valence-electron chi connectivity index (χ0n) is 12.0. The van der Waals surface area contributed by atoms with Crippen molar-refractivity contribution in [2.45, 2.75) is 39.8 Å². The predicted octanol–water partition coefficient (Wildman–Crippen LogP) is 4.29. The maximum absolute atomic E-state index is 6.41. The molecular weight excluding hydrogens is 382 g/mol. The SMILES string of the molecule is CCn1nc(C)c(Br)c1CC(N)c1cccc(C)c1Br. The lowest BCUT2D eigenvalue weighted by atomic mass is 10.0. The van der Waals surface area contributed by atoms with Crippen molar-refractivity contribution in [3.63, 3.8) is 0 Å². The molecule has 20 heavy (non-hydrogen) atoms. The minimum atomic E-state index is -0.0537. The summed E-state index contributed by atoms with van der Waals surface area (Å²) in [6.45, 7) is 7.03. The molecule has 1 aromatic carbocycles. The quantitative estimate of drug-likeness (QED) is 0.831. The second kappa shape index (κ2) is 6.41. The first-order valence-corrected chi connectivity index (χ1v) is 8.26. The Morgan fingerprint density at radius 1 is 1.25 bits per heavy atom. The Balaban J connectivity index is 2.32. The van der Waals surface area contributed by atoms with Crippen LogP contribution in [-0.2, 0) is 13.0 Å². The fourth-order valence-electron chi connectivity index (χ4n) is 2.34. The molecule has 0 aliphatic carbocycles. The summed E-state index contributed by atoms with van der Waals surface area (Å²) in [5.41, 5.74) is 10.9. The highest BCUT2D eigenvalue weighted by Gasteiger charge is 2.18. The summed E-state index contributed by atoms with van der Waals surface area (Å²) in [5.74, 6) is 0. The summed E-state index contributed by atoms with van der Waals surface area (Å²) in [5, 5.41) is 4.52. The molecule has 1 unspecified atom stereocenters. The number of nitrogens with zero attached hydrogens (tertiary/aromatic N) is 2. The van der Waals surface area contributed by atoms with Gasteiger partial charge in [-0.05, 0) is 47.8 Å². The molecule has 3 nitrogen and oxygen atoms in total. The van der Waals surface area contributed by atoms with Crippen molar-refractivity contribution in [1.29, 1.82) is 0 Å². The van der Waals surface area contributed by atoms with E-state index in [9.17, 15) is 0 Å². The van der Waals surface area contributed by atoms with Crippen LogP contribution >= 0.6 is 31.9 Å². The molecule has 0 saturated carbocycles. The van der Waals surface area contributed by atoms with E-state index >= 15 is 0 Å². The van der Waals surface area contributed by atoms with E-state index in [-0.39, 0.29) is 6.04 Å². The lowest BCUT2D eigenvalue weighted by Gasteiger charge is -2.16. The van der Waals surface area contributed by atoms with Gasteiger partial charge < -0.3 is 5.73 Å². The highest BCUT2D eigenvalue weighted by molar-refractivity contribution is 9.10. The molecule has 108 valence electrons. The molecule has 0 aliphatic heterocycles. The molecule has 0 bridgehead atoms. The summed E-state index contributed by atoms with van der Waals surface area (Å²) in [6, 6.07) is 6.15. The van der Waals surface area contributed by atoms with Crippen LogP contribution in [0.3, 0.4) is 0 Å². The average molecular weight is 401 g/mol. The molecule has 5 heteroatoms. The fraction of sp³-hybridized carbons (Fsp3) is 0.400. The van der Waals surface area contributed by atoms with Crippen LogP contribution in [0, 0.1) is 13.8 Å². The number of rotatable bonds is 4. The number of hydrogen-bond donors (Lipinski definition) is 1. The van der Waals surface area contributed by atoms with Crippen LogP contribution in [0.1, 0.15) is 35.5 Å². The number of aryl methyl sites for hydroxylation is 3. The third-order valence-electron chi connectivity index (χ3n) is 3.49. The molecule has 1 aromatic heterocycles. The van der Waals surface area contributed by atoms with Crippen LogP contribution in [0.4, 0.5) is 0 Å². The van der Waals surface area contributed by atoms with Gasteiger partial charge >= 0.3 is 0 Å². The summed E-state index contributed by atoms with van der Waals surface area (Å²) >= 11 is 7.26. The maximum atomic E-state index is 6.41. The van der Waals surface area contributed by atoms with Gasteiger partial charge in [0.25, 0.3) is 0 Å². The van der Waals surface area contributed by atoms with Crippen LogP contribution < -0.4 is 5.73 Å². The van der Waals surface area contributed by atoms with E-state index in [1.807, 2.05) is 17.7 Å². The van der Waals surface area contributed by atoms with Crippen LogP contribution in [0.2, 0.25) is 0 Å². The number of hydrogen-bond acceptors (Lipinski definition) is 2. The van der Waals surface area contributed by atoms with Crippen LogP contribution in [0.25, 0.3) is 0 Å². The van der Waals surface area contributed by atoms with Gasteiger partial charge in [-0.1, -0.05) is 34.1 Å². The highest BCUT2D eigenvalue weighted by Crippen LogP contribution is 2.30. The van der Waals surface area contributed by atoms with E-state index < -0.39 is 0 Å². The van der Waals surface area contributed by atoms with Crippen LogP contribution in [0.15, 0.2) is 27.1 Å². The number of benzene rings is 1. The second-order valence-electron chi connectivity index (χ2n) is 4.95. The number of aromatic nitrogens is 2. The minimum absolute atomic E-state index is 0.0537. The average Bonchev–Trinajstić information content (AvgIpc) is 2.69. The molecule has 0 radical (unpaired) electrons. The molecule has 0 saturated heterocycles. The third-order valence-corrected chi connectivity index (χ3v) is 5.60. The fourth-order valence-corrected chi connectivity index (χ4v) is 3.34. The van der Waals surface area contributed by atoms with Crippen molar-refractivity contribution in [3.8, 4) is 0 Å². The first-order chi connectivity index (χ1) is 9.45. The van der Waals surface area contributed by atoms with Crippen molar-refractivity contribution in [1.82, 2.24) is 9.78 Å². The van der Waals surface area contributed by atoms with Crippen molar-refractivity contribution in [3.05, 3.63) is 49.7 Å². The van der Waals surface area contributed by atoms with Gasteiger partial charge in [-0.2, -0.15) is 5.10 Å². The van der Waals surface area contributed by atoms with Gasteiger partial charge in [0.15, 0.2) is 0 Å². The molecular formula is C15H19Br2N3. The summed E-state index contributed by atoms with van der Waals surface area (Å²) in [7, 11) is 0. The first-order valence-electron chi connectivity index (χ1n) is 6.68. The van der Waals surface area contributed by atoms with E-state index in [1.54, 1.807) is 0 Å². The van der Waals surface area contributed by atoms with Crippen molar-refractivity contribution < 1.29 is 0 Å². The summed E-state index contributed by atoms with van der Waals surface area (Å²) < 4.78 is 4.18. The van der Waals surface area contributed by atoms with Gasteiger partial charge in [0.05, 0.1) is 15.9 Å². The smallest absolute Gasteiger partial charge is 0.0738 e. The van der Waals surface area contributed by atoms with Gasteiger partial charge in [-0.3, -0.25) is 4.68 Å². The molecule has 0 fully saturated rings. The predicted molar refractivity (Wildman–Crippen MR) is 89.8 cm³/mol. The minimum Gasteiger partial charge on any atom is -0.324 e. The highest BCUT2D eigenvalue weighted by atomic mass is 79.9. The van der Waals surface area contributed by atoms with E-state index in [0.717, 1.165) is 38.9 Å².